The number of hydrogen-bond donors (Lipinski definition) is 0. The van der Waals surface area contributed by atoms with Crippen LogP contribution in [0.25, 0.3) is 0 Å². The van der Waals surface area contributed by atoms with E-state index in [4.69, 9.17) is 8.92 Å². The van der Waals surface area contributed by atoms with E-state index in [0.717, 1.165) is 11.5 Å². The van der Waals surface area contributed by atoms with Crippen molar-refractivity contribution < 1.29 is 8.92 Å². The molecule has 18 heavy (non-hydrogen) atoms. The fourth-order valence-corrected chi connectivity index (χ4v) is 2.24. The van der Waals surface area contributed by atoms with Crippen LogP contribution in [0.3, 0.4) is 0 Å². The summed E-state index contributed by atoms with van der Waals surface area (Å²) >= 11 is 1.41. The number of allylic oxidation sites excluding steroid dienone is 3. The van der Waals surface area contributed by atoms with E-state index in [1.807, 2.05) is 48.6 Å². The second-order valence-corrected chi connectivity index (χ2v) is 5.49. The maximum atomic E-state index is 5.78. The van der Waals surface area contributed by atoms with Crippen LogP contribution in [-0.2, 0) is 4.18 Å². The van der Waals surface area contributed by atoms with E-state index in [-0.39, 0.29) is 4.75 Å². The van der Waals surface area contributed by atoms with E-state index in [1.165, 1.54) is 12.0 Å². The molecule has 0 aromatic heterocycles. The Labute approximate surface area is 112 Å². The van der Waals surface area contributed by atoms with Gasteiger partial charge in [-0.2, -0.15) is 0 Å². The second kappa shape index (κ2) is 5.94. The van der Waals surface area contributed by atoms with Gasteiger partial charge in [-0.25, -0.2) is 0 Å². The van der Waals surface area contributed by atoms with Gasteiger partial charge in [-0.15, -0.1) is 0 Å². The molecule has 0 heterocycles. The summed E-state index contributed by atoms with van der Waals surface area (Å²) < 4.78 is 10.8. The van der Waals surface area contributed by atoms with Crippen molar-refractivity contribution >= 4 is 12.0 Å². The Morgan fingerprint density at radius 3 is 2.61 bits per heavy atom. The SMILES string of the molecule is COSC1(C)C=CC=C(Oc2ccccc2)C=C1. The Balaban J connectivity index is 2.09. The fourth-order valence-electron chi connectivity index (χ4n) is 1.62. The highest BCUT2D eigenvalue weighted by Gasteiger charge is 2.19. The molecule has 3 heteroatoms. The largest absolute Gasteiger partial charge is 0.457 e. The maximum Gasteiger partial charge on any atom is 0.127 e. The summed E-state index contributed by atoms with van der Waals surface area (Å²) in [6.45, 7) is 2.09. The summed E-state index contributed by atoms with van der Waals surface area (Å²) in [6, 6.07) is 9.75. The van der Waals surface area contributed by atoms with E-state index in [9.17, 15) is 0 Å². The molecule has 94 valence electrons. The summed E-state index contributed by atoms with van der Waals surface area (Å²) in [6.07, 6.45) is 10.1. The second-order valence-electron chi connectivity index (χ2n) is 4.11. The molecule has 2 rings (SSSR count). The zero-order valence-electron chi connectivity index (χ0n) is 10.5. The van der Waals surface area contributed by atoms with Crippen molar-refractivity contribution in [2.45, 2.75) is 11.7 Å². The smallest absolute Gasteiger partial charge is 0.127 e. The van der Waals surface area contributed by atoms with Gasteiger partial charge in [-0.3, -0.25) is 0 Å². The van der Waals surface area contributed by atoms with Crippen molar-refractivity contribution in [3.8, 4) is 5.75 Å². The lowest BCUT2D eigenvalue weighted by molar-refractivity contribution is 0.444. The normalized spacial score (nSPS) is 22.4. The highest BCUT2D eigenvalue weighted by Crippen LogP contribution is 2.30. The summed E-state index contributed by atoms with van der Waals surface area (Å²) in [5, 5.41) is 0. The Bertz CT molecular complexity index is 477. The van der Waals surface area contributed by atoms with Gasteiger partial charge in [-0.05, 0) is 31.2 Å². The van der Waals surface area contributed by atoms with Crippen LogP contribution in [0.1, 0.15) is 6.92 Å². The van der Waals surface area contributed by atoms with Gasteiger partial charge >= 0.3 is 0 Å². The third-order valence-corrected chi connectivity index (χ3v) is 3.31. The van der Waals surface area contributed by atoms with Gasteiger partial charge in [-0.1, -0.05) is 36.4 Å². The molecule has 0 saturated carbocycles. The molecule has 1 atom stereocenters. The lowest BCUT2D eigenvalue weighted by Crippen LogP contribution is -2.12. The van der Waals surface area contributed by atoms with Crippen LogP contribution in [0.5, 0.6) is 5.75 Å². The Morgan fingerprint density at radius 2 is 1.89 bits per heavy atom. The molecule has 0 radical (unpaired) electrons. The molecule has 0 bridgehead atoms. The van der Waals surface area contributed by atoms with E-state index in [0.29, 0.717) is 0 Å². The first-order chi connectivity index (χ1) is 8.72. The Morgan fingerprint density at radius 1 is 1.11 bits per heavy atom. The Kier molecular flexibility index (Phi) is 4.28. The average Bonchev–Trinajstić information content (AvgIpc) is 2.54. The van der Waals surface area contributed by atoms with Crippen LogP contribution in [0, 0.1) is 0 Å². The average molecular weight is 260 g/mol. The van der Waals surface area contributed by atoms with E-state index in [1.54, 1.807) is 7.11 Å². The maximum absolute atomic E-state index is 5.78. The standard InChI is InChI=1S/C15H16O2S/c1-15(18-16-2)11-6-9-14(10-12-15)17-13-7-4-3-5-8-13/h3-12H,1-2H3. The zero-order valence-corrected chi connectivity index (χ0v) is 11.3. The van der Waals surface area contributed by atoms with Crippen LogP contribution < -0.4 is 4.74 Å². The van der Waals surface area contributed by atoms with Gasteiger partial charge in [0.25, 0.3) is 0 Å². The van der Waals surface area contributed by atoms with Crippen molar-refractivity contribution in [3.05, 3.63) is 66.5 Å². The predicted molar refractivity (Wildman–Crippen MR) is 76.4 cm³/mol. The van der Waals surface area contributed by atoms with Crippen molar-refractivity contribution in [3.63, 3.8) is 0 Å². The minimum atomic E-state index is -0.160. The molecule has 2 nitrogen and oxygen atoms in total. The molecule has 0 aliphatic heterocycles. The highest BCUT2D eigenvalue weighted by atomic mass is 32.2. The first kappa shape index (κ1) is 13.0. The topological polar surface area (TPSA) is 18.5 Å². The van der Waals surface area contributed by atoms with Crippen molar-refractivity contribution in [2.24, 2.45) is 0 Å². The summed E-state index contributed by atoms with van der Waals surface area (Å²) in [7, 11) is 1.68. The van der Waals surface area contributed by atoms with Gasteiger partial charge in [0.15, 0.2) is 0 Å². The van der Waals surface area contributed by atoms with E-state index >= 15 is 0 Å². The van der Waals surface area contributed by atoms with Crippen LogP contribution in [-0.4, -0.2) is 11.9 Å². The van der Waals surface area contributed by atoms with Crippen LogP contribution in [0.4, 0.5) is 0 Å². The first-order valence-corrected chi connectivity index (χ1v) is 6.49. The predicted octanol–water partition coefficient (Wildman–Crippen LogP) is 4.13. The number of hydrogen-bond acceptors (Lipinski definition) is 3. The number of ether oxygens (including phenoxy) is 1. The van der Waals surface area contributed by atoms with Gasteiger partial charge in [0.05, 0.1) is 11.9 Å². The zero-order chi connectivity index (χ0) is 12.8. The summed E-state index contributed by atoms with van der Waals surface area (Å²) in [5.74, 6) is 1.66. The highest BCUT2D eigenvalue weighted by molar-refractivity contribution is 7.96. The van der Waals surface area contributed by atoms with Crippen LogP contribution in [0.15, 0.2) is 66.5 Å². The molecule has 0 fully saturated rings. The molecule has 1 unspecified atom stereocenters. The summed E-state index contributed by atoms with van der Waals surface area (Å²) in [5.41, 5.74) is 0. The van der Waals surface area contributed by atoms with Gasteiger partial charge < -0.3 is 8.92 Å². The quantitative estimate of drug-likeness (QED) is 0.758. The third-order valence-electron chi connectivity index (χ3n) is 2.51. The molecule has 1 aliphatic rings. The molecular weight excluding hydrogens is 244 g/mol. The molecule has 1 aromatic carbocycles. The molecular formula is C15H16O2S. The van der Waals surface area contributed by atoms with Crippen LogP contribution in [0.2, 0.25) is 0 Å². The first-order valence-electron chi connectivity index (χ1n) is 5.75. The van der Waals surface area contributed by atoms with Gasteiger partial charge in [0, 0.05) is 12.0 Å². The molecule has 0 spiro atoms. The van der Waals surface area contributed by atoms with Crippen molar-refractivity contribution in [1.82, 2.24) is 0 Å². The molecule has 0 saturated heterocycles. The lowest BCUT2D eigenvalue weighted by atomic mass is 10.1. The Hall–Kier alpha value is -1.45. The minimum absolute atomic E-state index is 0.160. The lowest BCUT2D eigenvalue weighted by Gasteiger charge is -2.17. The minimum Gasteiger partial charge on any atom is -0.457 e. The van der Waals surface area contributed by atoms with Crippen molar-refractivity contribution in [1.29, 1.82) is 0 Å². The van der Waals surface area contributed by atoms with Gasteiger partial charge in [0.2, 0.25) is 0 Å². The molecule has 0 amide bonds. The van der Waals surface area contributed by atoms with E-state index in [2.05, 4.69) is 19.1 Å². The van der Waals surface area contributed by atoms with Crippen LogP contribution >= 0.6 is 12.0 Å². The van der Waals surface area contributed by atoms with Crippen molar-refractivity contribution in [2.75, 3.05) is 7.11 Å². The summed E-state index contributed by atoms with van der Waals surface area (Å²) in [4.78, 5) is 0. The fraction of sp³-hybridized carbons (Fsp3) is 0.200. The molecule has 1 aromatic rings. The number of para-hydroxylation sites is 1. The molecule has 0 N–H and O–H groups in total. The van der Waals surface area contributed by atoms with E-state index < -0.39 is 0 Å². The number of rotatable bonds is 4. The third kappa shape index (κ3) is 3.52. The van der Waals surface area contributed by atoms with Gasteiger partial charge in [0.1, 0.15) is 11.5 Å². The molecule has 1 aliphatic carbocycles. The monoisotopic (exact) mass is 260 g/mol. The number of benzene rings is 1.